The molecule has 3 aromatic carbocycles. The quantitative estimate of drug-likeness (QED) is 0.385. The lowest BCUT2D eigenvalue weighted by Crippen LogP contribution is -2.24. The molecule has 5 rings (SSSR count). The monoisotopic (exact) mass is 439 g/mol. The number of fused-ring (bicyclic) bond motifs is 1. The molecule has 168 valence electrons. The smallest absolute Gasteiger partial charge is 0.227 e. The van der Waals surface area contributed by atoms with E-state index in [-0.39, 0.29) is 11.8 Å². The Balaban J connectivity index is 1.47. The number of benzene rings is 3. The lowest BCUT2D eigenvalue weighted by Gasteiger charge is -2.18. The number of carbonyl (C=O) groups excluding carboxylic acids is 1. The van der Waals surface area contributed by atoms with E-state index < -0.39 is 0 Å². The Hall–Kier alpha value is -3.60. The van der Waals surface area contributed by atoms with Crippen LogP contribution in [-0.4, -0.2) is 29.1 Å². The van der Waals surface area contributed by atoms with Gasteiger partial charge in [0.2, 0.25) is 5.91 Å². The van der Waals surface area contributed by atoms with Gasteiger partial charge >= 0.3 is 0 Å². The summed E-state index contributed by atoms with van der Waals surface area (Å²) in [4.78, 5) is 19.8. The van der Waals surface area contributed by atoms with Crippen molar-refractivity contribution in [2.75, 3.05) is 18.6 Å². The Kier molecular flexibility index (Phi) is 5.63. The Morgan fingerprint density at radius 3 is 2.42 bits per heavy atom. The number of carbonyl (C=O) groups is 1. The van der Waals surface area contributed by atoms with Crippen LogP contribution in [0.4, 0.5) is 5.69 Å². The molecule has 1 amide bonds. The van der Waals surface area contributed by atoms with Crippen LogP contribution in [0, 0.1) is 0 Å². The van der Waals surface area contributed by atoms with E-state index in [2.05, 4.69) is 60.9 Å². The van der Waals surface area contributed by atoms with Crippen molar-refractivity contribution in [3.05, 3.63) is 89.7 Å². The topological polar surface area (TPSA) is 47.4 Å². The number of anilines is 1. The van der Waals surface area contributed by atoms with E-state index in [1.165, 1.54) is 11.1 Å². The molecule has 1 aliphatic heterocycles. The van der Waals surface area contributed by atoms with E-state index in [4.69, 9.17) is 9.72 Å². The van der Waals surface area contributed by atoms with Crippen molar-refractivity contribution in [2.45, 2.75) is 38.6 Å². The molecule has 1 aliphatic rings. The predicted octanol–water partition coefficient (Wildman–Crippen LogP) is 5.74. The SMILES string of the molecule is COc1ccc(N2C[C@H](c3nc4ccccc4n3Cc3ccc(C(C)C)cc3)CC2=O)cc1. The van der Waals surface area contributed by atoms with Crippen molar-refractivity contribution in [1.29, 1.82) is 0 Å². The molecule has 1 fully saturated rings. The molecule has 0 aliphatic carbocycles. The van der Waals surface area contributed by atoms with Crippen molar-refractivity contribution in [1.82, 2.24) is 9.55 Å². The van der Waals surface area contributed by atoms with Crippen molar-refractivity contribution < 1.29 is 9.53 Å². The summed E-state index contributed by atoms with van der Waals surface area (Å²) in [5, 5.41) is 0. The van der Waals surface area contributed by atoms with Crippen LogP contribution in [0.5, 0.6) is 5.75 Å². The van der Waals surface area contributed by atoms with E-state index in [0.717, 1.165) is 34.8 Å². The van der Waals surface area contributed by atoms with Gasteiger partial charge in [0.15, 0.2) is 0 Å². The summed E-state index contributed by atoms with van der Waals surface area (Å²) >= 11 is 0. The first-order valence-corrected chi connectivity index (χ1v) is 11.5. The van der Waals surface area contributed by atoms with Gasteiger partial charge in [-0.05, 0) is 53.4 Å². The molecule has 5 nitrogen and oxygen atoms in total. The molecule has 0 N–H and O–H groups in total. The second-order valence-corrected chi connectivity index (χ2v) is 9.04. The highest BCUT2D eigenvalue weighted by Crippen LogP contribution is 2.34. The van der Waals surface area contributed by atoms with Gasteiger partial charge in [-0.2, -0.15) is 0 Å². The molecule has 0 spiro atoms. The van der Waals surface area contributed by atoms with Gasteiger partial charge in [0, 0.05) is 31.1 Å². The fourth-order valence-electron chi connectivity index (χ4n) is 4.65. The first kappa shape index (κ1) is 21.3. The number of para-hydroxylation sites is 2. The number of imidazole rings is 1. The Labute approximate surface area is 194 Å². The Morgan fingerprint density at radius 1 is 1.00 bits per heavy atom. The molecule has 0 radical (unpaired) electrons. The van der Waals surface area contributed by atoms with Crippen molar-refractivity contribution in [2.24, 2.45) is 0 Å². The molecule has 0 saturated carbocycles. The molecule has 0 unspecified atom stereocenters. The molecule has 1 atom stereocenters. The predicted molar refractivity (Wildman–Crippen MR) is 132 cm³/mol. The number of hydrogen-bond acceptors (Lipinski definition) is 3. The minimum Gasteiger partial charge on any atom is -0.497 e. The minimum atomic E-state index is 0.0435. The molecule has 5 heteroatoms. The number of hydrogen-bond donors (Lipinski definition) is 0. The fraction of sp³-hybridized carbons (Fsp3) is 0.286. The average molecular weight is 440 g/mol. The fourth-order valence-corrected chi connectivity index (χ4v) is 4.65. The van der Waals surface area contributed by atoms with Gasteiger partial charge in [0.25, 0.3) is 0 Å². The largest absolute Gasteiger partial charge is 0.497 e. The van der Waals surface area contributed by atoms with Crippen LogP contribution in [-0.2, 0) is 11.3 Å². The highest BCUT2D eigenvalue weighted by Gasteiger charge is 2.34. The van der Waals surface area contributed by atoms with Crippen LogP contribution >= 0.6 is 0 Å². The third-order valence-corrected chi connectivity index (χ3v) is 6.55. The van der Waals surface area contributed by atoms with Gasteiger partial charge in [0.05, 0.1) is 18.1 Å². The third-order valence-electron chi connectivity index (χ3n) is 6.55. The summed E-state index contributed by atoms with van der Waals surface area (Å²) < 4.78 is 7.55. The van der Waals surface area contributed by atoms with Gasteiger partial charge in [-0.3, -0.25) is 4.79 Å². The standard InChI is InChI=1S/C28H29N3O2/c1-19(2)21-10-8-20(9-11-21)17-31-26-7-5-4-6-25(26)29-28(31)22-16-27(32)30(18-22)23-12-14-24(33-3)15-13-23/h4-15,19,22H,16-18H2,1-3H3/t22-/m1/s1. The maximum Gasteiger partial charge on any atom is 0.227 e. The zero-order chi connectivity index (χ0) is 22.9. The van der Waals surface area contributed by atoms with Gasteiger partial charge in [-0.1, -0.05) is 50.2 Å². The molecule has 1 aromatic heterocycles. The molecular weight excluding hydrogens is 410 g/mol. The lowest BCUT2D eigenvalue weighted by atomic mass is 10.0. The molecule has 4 aromatic rings. The van der Waals surface area contributed by atoms with Gasteiger partial charge in [0.1, 0.15) is 11.6 Å². The van der Waals surface area contributed by atoms with E-state index >= 15 is 0 Å². The molecular formula is C28H29N3O2. The maximum atomic E-state index is 13.0. The number of ether oxygens (including phenoxy) is 1. The number of amides is 1. The summed E-state index contributed by atoms with van der Waals surface area (Å²) in [5.74, 6) is 2.45. The number of nitrogens with zero attached hydrogens (tertiary/aromatic N) is 3. The summed E-state index contributed by atoms with van der Waals surface area (Å²) in [5.41, 5.74) is 5.55. The van der Waals surface area contributed by atoms with Crippen LogP contribution in [0.1, 0.15) is 49.1 Å². The third kappa shape index (κ3) is 4.11. The first-order valence-electron chi connectivity index (χ1n) is 11.5. The van der Waals surface area contributed by atoms with Crippen LogP contribution in [0.3, 0.4) is 0 Å². The zero-order valence-electron chi connectivity index (χ0n) is 19.4. The van der Waals surface area contributed by atoms with Gasteiger partial charge < -0.3 is 14.2 Å². The van der Waals surface area contributed by atoms with Crippen LogP contribution in [0.2, 0.25) is 0 Å². The van der Waals surface area contributed by atoms with Crippen LogP contribution < -0.4 is 9.64 Å². The van der Waals surface area contributed by atoms with E-state index in [1.807, 2.05) is 35.2 Å². The molecule has 0 bridgehead atoms. The number of methoxy groups -OCH3 is 1. The number of aromatic nitrogens is 2. The van der Waals surface area contributed by atoms with Crippen molar-refractivity contribution in [3.8, 4) is 5.75 Å². The molecule has 2 heterocycles. The van der Waals surface area contributed by atoms with Gasteiger partial charge in [-0.25, -0.2) is 4.98 Å². The summed E-state index contributed by atoms with van der Waals surface area (Å²) in [6.07, 6.45) is 0.460. The van der Waals surface area contributed by atoms with Crippen LogP contribution in [0.25, 0.3) is 11.0 Å². The van der Waals surface area contributed by atoms with E-state index in [1.54, 1.807) is 7.11 Å². The first-order chi connectivity index (χ1) is 16.0. The Bertz CT molecular complexity index is 1270. The summed E-state index contributed by atoms with van der Waals surface area (Å²) in [6.45, 7) is 5.78. The second kappa shape index (κ2) is 8.74. The highest BCUT2D eigenvalue weighted by molar-refractivity contribution is 5.96. The normalized spacial score (nSPS) is 16.2. The highest BCUT2D eigenvalue weighted by atomic mass is 16.5. The van der Waals surface area contributed by atoms with Crippen molar-refractivity contribution >= 4 is 22.6 Å². The van der Waals surface area contributed by atoms with Gasteiger partial charge in [-0.15, -0.1) is 0 Å². The summed E-state index contributed by atoms with van der Waals surface area (Å²) in [7, 11) is 1.65. The molecule has 1 saturated heterocycles. The minimum absolute atomic E-state index is 0.0435. The average Bonchev–Trinajstić information content (AvgIpc) is 3.40. The van der Waals surface area contributed by atoms with E-state index in [0.29, 0.717) is 18.9 Å². The zero-order valence-corrected chi connectivity index (χ0v) is 19.4. The lowest BCUT2D eigenvalue weighted by molar-refractivity contribution is -0.117. The van der Waals surface area contributed by atoms with Crippen LogP contribution in [0.15, 0.2) is 72.8 Å². The summed E-state index contributed by atoms with van der Waals surface area (Å²) in [6, 6.07) is 24.7. The number of rotatable bonds is 6. The molecule has 33 heavy (non-hydrogen) atoms. The second-order valence-electron chi connectivity index (χ2n) is 9.04. The van der Waals surface area contributed by atoms with Crippen molar-refractivity contribution in [3.63, 3.8) is 0 Å². The maximum absolute atomic E-state index is 13.0. The van der Waals surface area contributed by atoms with E-state index in [9.17, 15) is 4.79 Å². The Morgan fingerprint density at radius 2 is 1.73 bits per heavy atom.